The fraction of sp³-hybridized carbons (Fsp3) is 0.471. The highest BCUT2D eigenvalue weighted by molar-refractivity contribution is 7.91. The van der Waals surface area contributed by atoms with Crippen LogP contribution in [-0.2, 0) is 21.1 Å². The fourth-order valence-corrected chi connectivity index (χ4v) is 9.67. The predicted octanol–water partition coefficient (Wildman–Crippen LogP) is 1.23. The summed E-state index contributed by atoms with van der Waals surface area (Å²) in [6, 6.07) is 12.1. The Labute approximate surface area is 290 Å². The normalized spacial score (nSPS) is 19.5. The second kappa shape index (κ2) is 14.1. The highest BCUT2D eigenvalue weighted by Gasteiger charge is 2.36. The van der Waals surface area contributed by atoms with Gasteiger partial charge in [0.05, 0.1) is 29.4 Å². The number of sulfone groups is 1. The number of morpholine rings is 1. The number of nitrogens with zero attached hydrogens (tertiary/aromatic N) is 7. The van der Waals surface area contributed by atoms with Crippen LogP contribution in [0.15, 0.2) is 58.5 Å². The van der Waals surface area contributed by atoms with E-state index in [-0.39, 0.29) is 22.4 Å². The lowest BCUT2D eigenvalue weighted by Gasteiger charge is -2.38. The van der Waals surface area contributed by atoms with Crippen molar-refractivity contribution in [1.82, 2.24) is 29.3 Å². The van der Waals surface area contributed by atoms with Crippen molar-refractivity contribution < 1.29 is 26.3 Å². The first-order valence-electron chi connectivity index (χ1n) is 17.0. The summed E-state index contributed by atoms with van der Waals surface area (Å²) in [6.07, 6.45) is 0.232. The van der Waals surface area contributed by atoms with Crippen molar-refractivity contribution in [1.29, 1.82) is 0 Å². The summed E-state index contributed by atoms with van der Waals surface area (Å²) >= 11 is 0. The monoisotopic (exact) mass is 727 g/mol. The first-order valence-corrected chi connectivity index (χ1v) is 20.0. The van der Waals surface area contributed by atoms with Crippen LogP contribution < -0.4 is 21.1 Å². The summed E-state index contributed by atoms with van der Waals surface area (Å²) in [5, 5.41) is 1.79. The molecule has 4 aromatic rings. The van der Waals surface area contributed by atoms with Crippen LogP contribution in [0.5, 0.6) is 0 Å². The van der Waals surface area contributed by atoms with E-state index in [1.807, 2.05) is 0 Å². The molecule has 0 radical (unpaired) electrons. The number of alkyl halides is 3. The van der Waals surface area contributed by atoms with E-state index in [0.29, 0.717) is 48.8 Å². The molecule has 7 rings (SSSR count). The van der Waals surface area contributed by atoms with Crippen molar-refractivity contribution >= 4 is 46.7 Å². The molecule has 266 valence electrons. The number of hydrogen-bond acceptors (Lipinski definition) is 10. The lowest BCUT2D eigenvalue weighted by atomic mass is 10.1. The minimum Gasteiger partial charge on any atom is -0.379 e. The zero-order valence-corrected chi connectivity index (χ0v) is 30.1. The zero-order valence-electron chi connectivity index (χ0n) is 27.9. The minimum absolute atomic E-state index is 0.191. The summed E-state index contributed by atoms with van der Waals surface area (Å²) in [6.45, 7) is 9.53. The molecular formula is C34H40F3N7O4SSi. The van der Waals surface area contributed by atoms with Crippen LogP contribution in [0.25, 0.3) is 22.3 Å². The topological polar surface area (TPSA) is 114 Å². The molecular weight excluding hydrogens is 688 g/mol. The molecule has 6 heterocycles. The lowest BCUT2D eigenvalue weighted by Crippen LogP contribution is -2.50. The zero-order chi connectivity index (χ0) is 35.0. The Balaban J connectivity index is 1.18. The molecule has 1 unspecified atom stereocenters. The minimum atomic E-state index is -4.89. The maximum Gasteiger partial charge on any atom is 0.403 e. The molecule has 16 heteroatoms. The number of fused-ring (bicyclic) bond motifs is 2. The van der Waals surface area contributed by atoms with Gasteiger partial charge in [0, 0.05) is 75.3 Å². The molecule has 0 N–H and O–H groups in total. The highest BCUT2D eigenvalue weighted by atomic mass is 32.2. The van der Waals surface area contributed by atoms with E-state index >= 15 is 0 Å². The van der Waals surface area contributed by atoms with E-state index in [2.05, 4.69) is 43.9 Å². The van der Waals surface area contributed by atoms with Crippen molar-refractivity contribution in [3.8, 4) is 11.3 Å². The third-order valence-corrected chi connectivity index (χ3v) is 13.1. The maximum atomic E-state index is 14.2. The third-order valence-electron chi connectivity index (χ3n) is 9.89. The van der Waals surface area contributed by atoms with Gasteiger partial charge < -0.3 is 9.64 Å². The van der Waals surface area contributed by atoms with Gasteiger partial charge in [-0.2, -0.15) is 13.2 Å². The maximum absolute atomic E-state index is 14.2. The van der Waals surface area contributed by atoms with E-state index in [1.54, 1.807) is 16.8 Å². The standard InChI is InChI=1S/C34H40F3N7O4SSi/c1-23-17-27(49(46,47)22-34(35,36)37)20-38-30(23)29-18-24-19-39-33(40-31(24)44(32(29)45)12-9-41-13-15-48-16-14-41)50-28-6-4-25(5-7-28)43-11-10-42-8-2-3-26(42)21-43/h4-7,17-20,26H,2-3,8-16,21-22,50H2,1H3. The van der Waals surface area contributed by atoms with E-state index < -0.39 is 36.2 Å². The second-order valence-corrected chi connectivity index (χ2v) is 17.2. The molecule has 0 saturated carbocycles. The van der Waals surface area contributed by atoms with Gasteiger partial charge in [0.25, 0.3) is 5.56 Å². The van der Waals surface area contributed by atoms with Gasteiger partial charge in [0.15, 0.2) is 15.6 Å². The number of anilines is 1. The largest absolute Gasteiger partial charge is 0.403 e. The van der Waals surface area contributed by atoms with Crippen LogP contribution in [0.3, 0.4) is 0 Å². The van der Waals surface area contributed by atoms with Crippen LogP contribution in [0.4, 0.5) is 18.9 Å². The molecule has 0 aliphatic carbocycles. The van der Waals surface area contributed by atoms with Gasteiger partial charge in [-0.3, -0.25) is 24.1 Å². The molecule has 3 saturated heterocycles. The highest BCUT2D eigenvalue weighted by Crippen LogP contribution is 2.27. The lowest BCUT2D eigenvalue weighted by molar-refractivity contribution is -0.106. The molecule has 0 bridgehead atoms. The number of rotatable bonds is 9. The van der Waals surface area contributed by atoms with Gasteiger partial charge in [0.2, 0.25) is 0 Å². The number of aromatic nitrogens is 4. The molecule has 3 aliphatic heterocycles. The number of hydrogen-bond donors (Lipinski definition) is 0. The quantitative estimate of drug-likeness (QED) is 0.234. The van der Waals surface area contributed by atoms with Gasteiger partial charge in [0.1, 0.15) is 20.6 Å². The Kier molecular flexibility index (Phi) is 9.82. The summed E-state index contributed by atoms with van der Waals surface area (Å²) in [5.74, 6) is -1.99. The van der Waals surface area contributed by atoms with Crippen molar-refractivity contribution in [2.24, 2.45) is 0 Å². The van der Waals surface area contributed by atoms with Crippen LogP contribution in [0.1, 0.15) is 18.4 Å². The molecule has 0 amide bonds. The van der Waals surface area contributed by atoms with Crippen molar-refractivity contribution in [2.75, 3.05) is 69.7 Å². The van der Waals surface area contributed by atoms with Gasteiger partial charge in [-0.1, -0.05) is 17.3 Å². The van der Waals surface area contributed by atoms with Crippen molar-refractivity contribution in [2.45, 2.75) is 43.4 Å². The van der Waals surface area contributed by atoms with Gasteiger partial charge in [-0.25, -0.2) is 18.4 Å². The Morgan fingerprint density at radius 1 is 0.980 bits per heavy atom. The van der Waals surface area contributed by atoms with Gasteiger partial charge in [-0.15, -0.1) is 0 Å². The van der Waals surface area contributed by atoms with Crippen LogP contribution >= 0.6 is 0 Å². The molecule has 0 spiro atoms. The molecule has 3 aliphatic rings. The number of ether oxygens (including phenoxy) is 1. The Morgan fingerprint density at radius 3 is 2.50 bits per heavy atom. The summed E-state index contributed by atoms with van der Waals surface area (Å²) in [4.78, 5) is 34.7. The van der Waals surface area contributed by atoms with E-state index in [9.17, 15) is 26.4 Å². The average Bonchev–Trinajstić information content (AvgIpc) is 3.56. The van der Waals surface area contributed by atoms with E-state index in [1.165, 1.54) is 37.2 Å². The summed E-state index contributed by atoms with van der Waals surface area (Å²) < 4.78 is 70.7. The Bertz CT molecular complexity index is 2040. The molecule has 1 aromatic carbocycles. The van der Waals surface area contributed by atoms with Crippen LogP contribution in [-0.4, -0.2) is 124 Å². The second-order valence-electron chi connectivity index (χ2n) is 13.4. The number of aryl methyl sites for hydroxylation is 1. The van der Waals surface area contributed by atoms with Crippen LogP contribution in [0, 0.1) is 6.92 Å². The smallest absolute Gasteiger partial charge is 0.379 e. The Hall–Kier alpha value is -3.70. The van der Waals surface area contributed by atoms with Crippen molar-refractivity contribution in [3.05, 3.63) is 64.7 Å². The third kappa shape index (κ3) is 7.63. The fourth-order valence-electron chi connectivity index (χ4n) is 7.26. The average molecular weight is 728 g/mol. The molecule has 3 fully saturated rings. The van der Waals surface area contributed by atoms with Gasteiger partial charge in [-0.05, 0) is 56.1 Å². The summed E-state index contributed by atoms with van der Waals surface area (Å²) in [5.41, 5.74) is 2.71. The molecule has 50 heavy (non-hydrogen) atoms. The van der Waals surface area contributed by atoms with Crippen molar-refractivity contribution in [3.63, 3.8) is 0 Å². The predicted molar refractivity (Wildman–Crippen MR) is 188 cm³/mol. The molecule has 11 nitrogen and oxygen atoms in total. The van der Waals surface area contributed by atoms with E-state index in [0.717, 1.165) is 45.0 Å². The summed E-state index contributed by atoms with van der Waals surface area (Å²) in [7, 11) is -5.74. The number of pyridine rings is 2. The number of halogens is 3. The SMILES string of the molecule is Cc1cc(S(=O)(=O)CC(F)(F)F)cnc1-c1cc2cnc([SiH2]c3ccc(N4CCN5CCCC5C4)cc3)nc2n(CCN2CCOCC2)c1=O. The first-order chi connectivity index (χ1) is 23.9. The van der Waals surface area contributed by atoms with Crippen LogP contribution in [0.2, 0.25) is 0 Å². The molecule has 1 atom stereocenters. The molecule has 3 aromatic heterocycles. The Morgan fingerprint density at radius 2 is 1.76 bits per heavy atom. The van der Waals surface area contributed by atoms with E-state index in [4.69, 9.17) is 14.7 Å². The van der Waals surface area contributed by atoms with Gasteiger partial charge >= 0.3 is 6.18 Å². The number of piperazine rings is 1. The number of benzene rings is 1. The first kappa shape index (κ1) is 34.7.